The molecule has 1 aromatic heterocycles. The Morgan fingerprint density at radius 2 is 2.04 bits per heavy atom. The maximum Gasteiger partial charge on any atom is 0.240 e. The van der Waals surface area contributed by atoms with E-state index in [1.54, 1.807) is 0 Å². The zero-order valence-electron chi connectivity index (χ0n) is 13.4. The molecule has 2 aromatic rings. The van der Waals surface area contributed by atoms with Crippen molar-refractivity contribution in [2.75, 3.05) is 26.8 Å². The second-order valence-corrected chi connectivity index (χ2v) is 6.53. The Labute approximate surface area is 141 Å². The van der Waals surface area contributed by atoms with Crippen LogP contribution in [0.4, 0.5) is 0 Å². The molecule has 0 bridgehead atoms. The molecule has 0 atom stereocenters. The van der Waals surface area contributed by atoms with Crippen LogP contribution in [-0.2, 0) is 17.7 Å². The fraction of sp³-hybridized carbons (Fsp3) is 0.529. The van der Waals surface area contributed by atoms with Crippen LogP contribution in [0.5, 0.6) is 0 Å². The molecule has 0 unspecified atom stereocenters. The summed E-state index contributed by atoms with van der Waals surface area (Å²) in [5.41, 5.74) is 1.01. The zero-order chi connectivity index (χ0) is 16.1. The molecule has 0 aliphatic carbocycles. The Morgan fingerprint density at radius 1 is 1.26 bits per heavy atom. The van der Waals surface area contributed by atoms with Crippen LogP contribution in [0.2, 0.25) is 5.02 Å². The zero-order valence-corrected chi connectivity index (χ0v) is 14.1. The van der Waals surface area contributed by atoms with Crippen LogP contribution >= 0.6 is 11.6 Å². The number of hydrogen-bond acceptors (Lipinski definition) is 5. The van der Waals surface area contributed by atoms with E-state index in [4.69, 9.17) is 20.9 Å². The van der Waals surface area contributed by atoms with Crippen molar-refractivity contribution in [3.05, 3.63) is 46.6 Å². The first-order valence-corrected chi connectivity index (χ1v) is 8.39. The van der Waals surface area contributed by atoms with Gasteiger partial charge in [0, 0.05) is 31.2 Å². The van der Waals surface area contributed by atoms with Crippen LogP contribution in [-0.4, -0.2) is 41.8 Å². The molecule has 1 saturated heterocycles. The van der Waals surface area contributed by atoms with Gasteiger partial charge in [0.05, 0.1) is 6.54 Å². The Balaban J connectivity index is 1.53. The number of hydrogen-bond donors (Lipinski definition) is 0. The Kier molecular flexibility index (Phi) is 5.65. The third-order valence-corrected chi connectivity index (χ3v) is 4.50. The fourth-order valence-electron chi connectivity index (χ4n) is 2.90. The molecule has 2 heterocycles. The van der Waals surface area contributed by atoms with E-state index in [9.17, 15) is 0 Å². The lowest BCUT2D eigenvalue weighted by atomic mass is 10.00. The monoisotopic (exact) mass is 335 g/mol. The normalized spacial score (nSPS) is 16.1. The van der Waals surface area contributed by atoms with E-state index in [0.717, 1.165) is 43.2 Å². The molecule has 6 heteroatoms. The van der Waals surface area contributed by atoms with Gasteiger partial charge in [-0.3, -0.25) is 4.90 Å². The molecule has 1 aliphatic rings. The van der Waals surface area contributed by atoms with Gasteiger partial charge in [-0.25, -0.2) is 0 Å². The molecule has 1 fully saturated rings. The largest absolute Gasteiger partial charge is 0.381 e. The van der Waals surface area contributed by atoms with Crippen molar-refractivity contribution in [1.82, 2.24) is 15.0 Å². The number of nitrogens with zero attached hydrogens (tertiary/aromatic N) is 3. The van der Waals surface area contributed by atoms with Crippen molar-refractivity contribution in [3.63, 3.8) is 0 Å². The minimum absolute atomic E-state index is 0.590. The first-order valence-electron chi connectivity index (χ1n) is 8.02. The van der Waals surface area contributed by atoms with Crippen LogP contribution < -0.4 is 0 Å². The van der Waals surface area contributed by atoms with Crippen LogP contribution in [0.15, 0.2) is 28.8 Å². The fourth-order valence-corrected chi connectivity index (χ4v) is 3.11. The highest BCUT2D eigenvalue weighted by Gasteiger charge is 2.17. The van der Waals surface area contributed by atoms with E-state index in [2.05, 4.69) is 22.1 Å². The summed E-state index contributed by atoms with van der Waals surface area (Å²) in [7, 11) is 2.09. The smallest absolute Gasteiger partial charge is 0.240 e. The van der Waals surface area contributed by atoms with Crippen molar-refractivity contribution >= 4 is 11.6 Å². The molecule has 0 radical (unpaired) electrons. The standard InChI is InChI=1S/C17H22ClN3O2/c1-21(11-13-6-8-22-9-7-13)12-17-19-16(20-23-17)10-14-4-2-3-5-15(14)18/h2-5,13H,6-12H2,1H3. The Morgan fingerprint density at radius 3 is 2.83 bits per heavy atom. The summed E-state index contributed by atoms with van der Waals surface area (Å²) in [4.78, 5) is 6.72. The lowest BCUT2D eigenvalue weighted by molar-refractivity contribution is 0.0538. The Bertz CT molecular complexity index is 626. The van der Waals surface area contributed by atoms with Crippen molar-refractivity contribution < 1.29 is 9.26 Å². The van der Waals surface area contributed by atoms with Crippen LogP contribution in [0.25, 0.3) is 0 Å². The molecule has 0 spiro atoms. The summed E-state index contributed by atoms with van der Waals surface area (Å²) in [5, 5.41) is 4.79. The van der Waals surface area contributed by atoms with E-state index in [1.165, 1.54) is 0 Å². The second-order valence-electron chi connectivity index (χ2n) is 6.13. The number of ether oxygens (including phenoxy) is 1. The van der Waals surface area contributed by atoms with Gasteiger partial charge in [0.15, 0.2) is 5.82 Å². The van der Waals surface area contributed by atoms with Gasteiger partial charge in [0.25, 0.3) is 0 Å². The molecule has 5 nitrogen and oxygen atoms in total. The summed E-state index contributed by atoms with van der Waals surface area (Å²) < 4.78 is 10.8. The van der Waals surface area contributed by atoms with E-state index in [1.807, 2.05) is 24.3 Å². The number of aromatic nitrogens is 2. The predicted molar refractivity (Wildman–Crippen MR) is 88.4 cm³/mol. The molecule has 23 heavy (non-hydrogen) atoms. The molecule has 124 valence electrons. The van der Waals surface area contributed by atoms with Gasteiger partial charge in [-0.05, 0) is 37.4 Å². The Hall–Kier alpha value is -1.43. The second kappa shape index (κ2) is 7.90. The summed E-state index contributed by atoms with van der Waals surface area (Å²) >= 11 is 6.17. The quantitative estimate of drug-likeness (QED) is 0.811. The molecule has 1 aliphatic heterocycles. The lowest BCUT2D eigenvalue weighted by Gasteiger charge is -2.26. The first-order chi connectivity index (χ1) is 11.2. The van der Waals surface area contributed by atoms with Gasteiger partial charge in [0.2, 0.25) is 5.89 Å². The summed E-state index contributed by atoms with van der Waals surface area (Å²) in [6, 6.07) is 7.73. The highest BCUT2D eigenvalue weighted by atomic mass is 35.5. The van der Waals surface area contributed by atoms with E-state index < -0.39 is 0 Å². The maximum atomic E-state index is 6.17. The van der Waals surface area contributed by atoms with Crippen molar-refractivity contribution in [2.24, 2.45) is 5.92 Å². The van der Waals surface area contributed by atoms with Crippen molar-refractivity contribution in [3.8, 4) is 0 Å². The third-order valence-electron chi connectivity index (χ3n) is 4.13. The van der Waals surface area contributed by atoms with Crippen LogP contribution in [0.1, 0.15) is 30.1 Å². The predicted octanol–water partition coefficient (Wildman–Crippen LogP) is 3.17. The summed E-state index contributed by atoms with van der Waals surface area (Å²) in [5.74, 6) is 2.02. The minimum atomic E-state index is 0.590. The molecule has 0 amide bonds. The molecular weight excluding hydrogens is 314 g/mol. The van der Waals surface area contributed by atoms with Crippen LogP contribution in [0.3, 0.4) is 0 Å². The number of halogens is 1. The first kappa shape index (κ1) is 16.4. The highest BCUT2D eigenvalue weighted by Crippen LogP contribution is 2.19. The van der Waals surface area contributed by atoms with Gasteiger partial charge in [-0.2, -0.15) is 4.98 Å². The number of benzene rings is 1. The average molecular weight is 336 g/mol. The van der Waals surface area contributed by atoms with Gasteiger partial charge in [-0.15, -0.1) is 0 Å². The maximum absolute atomic E-state index is 6.17. The molecule has 0 saturated carbocycles. The van der Waals surface area contributed by atoms with E-state index in [-0.39, 0.29) is 0 Å². The third kappa shape index (κ3) is 4.77. The van der Waals surface area contributed by atoms with Gasteiger partial charge in [-0.1, -0.05) is 35.0 Å². The topological polar surface area (TPSA) is 51.4 Å². The minimum Gasteiger partial charge on any atom is -0.381 e. The highest BCUT2D eigenvalue weighted by molar-refractivity contribution is 6.31. The van der Waals surface area contributed by atoms with E-state index >= 15 is 0 Å². The average Bonchev–Trinajstić information content (AvgIpc) is 2.97. The van der Waals surface area contributed by atoms with Crippen LogP contribution in [0, 0.1) is 5.92 Å². The SMILES string of the molecule is CN(Cc1nc(Cc2ccccc2Cl)no1)CC1CCOCC1. The van der Waals surface area contributed by atoms with E-state index in [0.29, 0.717) is 30.6 Å². The molecular formula is C17H22ClN3O2. The van der Waals surface area contributed by atoms with Crippen molar-refractivity contribution in [2.45, 2.75) is 25.8 Å². The molecule has 3 rings (SSSR count). The molecule has 1 aromatic carbocycles. The lowest BCUT2D eigenvalue weighted by Crippen LogP contribution is -2.29. The van der Waals surface area contributed by atoms with Gasteiger partial charge < -0.3 is 9.26 Å². The molecule has 0 N–H and O–H groups in total. The number of rotatable bonds is 6. The van der Waals surface area contributed by atoms with Gasteiger partial charge >= 0.3 is 0 Å². The van der Waals surface area contributed by atoms with Gasteiger partial charge in [0.1, 0.15) is 0 Å². The summed E-state index contributed by atoms with van der Waals surface area (Å²) in [6.45, 7) is 3.46. The van der Waals surface area contributed by atoms with Crippen molar-refractivity contribution in [1.29, 1.82) is 0 Å². The summed E-state index contributed by atoms with van der Waals surface area (Å²) in [6.07, 6.45) is 2.85.